The van der Waals surface area contributed by atoms with E-state index in [0.717, 1.165) is 128 Å². The van der Waals surface area contributed by atoms with Crippen molar-refractivity contribution in [1.82, 2.24) is 0 Å². The first-order valence-electron chi connectivity index (χ1n) is 31.3. The molecule has 6 heteroatoms. The average Bonchev–Trinajstić information content (AvgIpc) is 3.43. The third-order valence-corrected chi connectivity index (χ3v) is 12.8. The van der Waals surface area contributed by atoms with Gasteiger partial charge < -0.3 is 14.2 Å². The van der Waals surface area contributed by atoms with Gasteiger partial charge in [-0.1, -0.05) is 256 Å². The van der Waals surface area contributed by atoms with Crippen LogP contribution in [0.25, 0.3) is 0 Å². The van der Waals surface area contributed by atoms with E-state index in [9.17, 15) is 14.4 Å². The quantitative estimate of drug-likeness (QED) is 0.0261. The second kappa shape index (κ2) is 63.8. The normalized spacial score (nSPS) is 13.1. The number of carbonyl (C=O) groups excluding carboxylic acids is 3. The predicted molar refractivity (Wildman–Crippen MR) is 334 cm³/mol. The van der Waals surface area contributed by atoms with Crippen LogP contribution in [0.15, 0.2) is 146 Å². The van der Waals surface area contributed by atoms with Crippen LogP contribution < -0.4 is 0 Å². The van der Waals surface area contributed by atoms with Gasteiger partial charge in [0, 0.05) is 19.3 Å². The number of rotatable bonds is 55. The van der Waals surface area contributed by atoms with Crippen LogP contribution in [0.5, 0.6) is 0 Å². The van der Waals surface area contributed by atoms with Crippen molar-refractivity contribution in [2.24, 2.45) is 0 Å². The van der Waals surface area contributed by atoms with Gasteiger partial charge in [-0.2, -0.15) is 0 Å². The molecule has 0 aliphatic carbocycles. The molecule has 0 spiro atoms. The summed E-state index contributed by atoms with van der Waals surface area (Å²) < 4.78 is 16.8. The first kappa shape index (κ1) is 72.3. The molecule has 434 valence electrons. The number of unbranched alkanes of at least 4 members (excludes halogenated alkanes) is 20. The maximum atomic E-state index is 12.9. The summed E-state index contributed by atoms with van der Waals surface area (Å²) >= 11 is 0. The molecule has 0 aromatic heterocycles. The van der Waals surface area contributed by atoms with Gasteiger partial charge in [0.25, 0.3) is 0 Å². The smallest absolute Gasteiger partial charge is 0.306 e. The Bertz CT molecular complexity index is 1700. The first-order valence-corrected chi connectivity index (χ1v) is 31.3. The summed E-state index contributed by atoms with van der Waals surface area (Å²) in [6, 6.07) is 0. The van der Waals surface area contributed by atoms with Gasteiger partial charge in [-0.25, -0.2) is 0 Å². The molecule has 0 aromatic rings. The van der Waals surface area contributed by atoms with Crippen LogP contribution in [-0.2, 0) is 28.6 Å². The Hall–Kier alpha value is -4.71. The van der Waals surface area contributed by atoms with Crippen molar-refractivity contribution in [1.29, 1.82) is 0 Å². The summed E-state index contributed by atoms with van der Waals surface area (Å²) in [5.74, 6) is -1.01. The lowest BCUT2D eigenvalue weighted by Crippen LogP contribution is -2.30. The molecule has 0 bridgehead atoms. The molecule has 0 heterocycles. The highest BCUT2D eigenvalue weighted by atomic mass is 16.6. The molecule has 0 saturated carbocycles. The highest BCUT2D eigenvalue weighted by Crippen LogP contribution is 2.14. The van der Waals surface area contributed by atoms with Gasteiger partial charge in [-0.05, 0) is 135 Å². The largest absolute Gasteiger partial charge is 0.462 e. The Labute approximate surface area is 474 Å². The fourth-order valence-corrected chi connectivity index (χ4v) is 8.18. The van der Waals surface area contributed by atoms with Gasteiger partial charge in [-0.15, -0.1) is 0 Å². The molecule has 0 N–H and O–H groups in total. The third kappa shape index (κ3) is 62.0. The van der Waals surface area contributed by atoms with Crippen LogP contribution in [0.3, 0.4) is 0 Å². The molecule has 0 amide bonds. The number of hydrogen-bond donors (Lipinski definition) is 0. The monoisotopic (exact) mass is 1060 g/mol. The molecule has 1 atom stereocenters. The minimum atomic E-state index is -0.828. The lowest BCUT2D eigenvalue weighted by Gasteiger charge is -2.18. The van der Waals surface area contributed by atoms with Crippen LogP contribution in [-0.4, -0.2) is 37.2 Å². The molecule has 0 fully saturated rings. The van der Waals surface area contributed by atoms with E-state index in [4.69, 9.17) is 14.2 Å². The Morgan fingerprint density at radius 2 is 0.519 bits per heavy atom. The molecule has 0 aliphatic rings. The van der Waals surface area contributed by atoms with Gasteiger partial charge in [0.2, 0.25) is 0 Å². The summed E-state index contributed by atoms with van der Waals surface area (Å²) in [6.45, 7) is 6.33. The lowest BCUT2D eigenvalue weighted by molar-refractivity contribution is -0.167. The average molecular weight is 1060 g/mol. The van der Waals surface area contributed by atoms with Crippen LogP contribution in [0.1, 0.15) is 265 Å². The Morgan fingerprint density at radius 3 is 0.831 bits per heavy atom. The minimum absolute atomic E-state index is 0.116. The van der Waals surface area contributed by atoms with E-state index in [1.165, 1.54) is 89.9 Å². The molecule has 6 nitrogen and oxygen atoms in total. The third-order valence-electron chi connectivity index (χ3n) is 12.8. The Balaban J connectivity index is 4.47. The van der Waals surface area contributed by atoms with E-state index >= 15 is 0 Å². The number of esters is 3. The van der Waals surface area contributed by atoms with E-state index < -0.39 is 6.10 Å². The molecule has 0 rings (SSSR count). The van der Waals surface area contributed by atoms with Gasteiger partial charge in [-0.3, -0.25) is 14.4 Å². The zero-order valence-corrected chi connectivity index (χ0v) is 49.7. The molecular formula is C71H114O6. The van der Waals surface area contributed by atoms with Crippen molar-refractivity contribution in [2.45, 2.75) is 271 Å². The fourth-order valence-electron chi connectivity index (χ4n) is 8.18. The molecule has 77 heavy (non-hydrogen) atoms. The Morgan fingerprint density at radius 1 is 0.273 bits per heavy atom. The van der Waals surface area contributed by atoms with E-state index in [1.54, 1.807) is 0 Å². The van der Waals surface area contributed by atoms with Gasteiger partial charge in [0.1, 0.15) is 13.2 Å². The van der Waals surface area contributed by atoms with Crippen molar-refractivity contribution in [3.05, 3.63) is 146 Å². The van der Waals surface area contributed by atoms with Crippen molar-refractivity contribution in [2.75, 3.05) is 13.2 Å². The fraction of sp³-hybridized carbons (Fsp3) is 0.620. The maximum Gasteiger partial charge on any atom is 0.306 e. The molecule has 0 aliphatic heterocycles. The zero-order chi connectivity index (χ0) is 55.7. The predicted octanol–water partition coefficient (Wildman–Crippen LogP) is 21.5. The SMILES string of the molecule is CC/C=C\C/C=C\C/C=C\C/C=C\C/C=C\CCCC(=O)OC(COC(=O)CCCCCC/C=C\C/C=C\C/C=C\C/C=C\CC)COC(=O)CCCCCCCCCCCC/C=C\C/C=C\C/C=C\CCCCCCC. The van der Waals surface area contributed by atoms with Gasteiger partial charge in [0.15, 0.2) is 6.10 Å². The van der Waals surface area contributed by atoms with Crippen molar-refractivity contribution in [3.8, 4) is 0 Å². The summed E-state index contributed by atoms with van der Waals surface area (Å²) in [5, 5.41) is 0. The van der Waals surface area contributed by atoms with Crippen LogP contribution in [0, 0.1) is 0 Å². The summed E-state index contributed by atoms with van der Waals surface area (Å²) in [6.07, 6.45) is 91.4. The van der Waals surface area contributed by atoms with E-state index in [2.05, 4.69) is 167 Å². The summed E-state index contributed by atoms with van der Waals surface area (Å²) in [5.41, 5.74) is 0. The highest BCUT2D eigenvalue weighted by Gasteiger charge is 2.19. The Kier molecular flexibility index (Phi) is 59.9. The van der Waals surface area contributed by atoms with Crippen molar-refractivity contribution >= 4 is 17.9 Å². The molecular weight excluding hydrogens is 949 g/mol. The van der Waals surface area contributed by atoms with Crippen LogP contribution >= 0.6 is 0 Å². The van der Waals surface area contributed by atoms with Gasteiger partial charge in [0.05, 0.1) is 0 Å². The van der Waals surface area contributed by atoms with Gasteiger partial charge >= 0.3 is 17.9 Å². The number of carbonyl (C=O) groups is 3. The first-order chi connectivity index (χ1) is 38.0. The number of hydrogen-bond acceptors (Lipinski definition) is 6. The van der Waals surface area contributed by atoms with Crippen molar-refractivity contribution < 1.29 is 28.6 Å². The highest BCUT2D eigenvalue weighted by molar-refractivity contribution is 5.71. The second-order valence-electron chi connectivity index (χ2n) is 20.2. The zero-order valence-electron chi connectivity index (χ0n) is 49.7. The lowest BCUT2D eigenvalue weighted by atomic mass is 10.1. The molecule has 0 saturated heterocycles. The minimum Gasteiger partial charge on any atom is -0.462 e. The van der Waals surface area contributed by atoms with Crippen LogP contribution in [0.4, 0.5) is 0 Å². The van der Waals surface area contributed by atoms with Crippen LogP contribution in [0.2, 0.25) is 0 Å². The number of allylic oxidation sites excluding steroid dienone is 24. The standard InChI is InChI=1S/C71H114O6/c1-4-7-10-13-16-19-22-25-28-31-32-33-34-35-36-37-38-41-43-46-49-52-55-58-61-64-70(73)76-67-68(77-71(74)65-62-59-56-53-50-47-44-40-30-27-24-21-18-15-12-9-6-3)66-75-69(72)63-60-57-54-51-48-45-42-39-29-26-23-20-17-14-11-8-5-2/h8-9,11-12,17-18,20-22,25-27,29-32,34-35,42,44-45,47,53,56,68H,4-7,10,13-16,19,23-24,28,33,36-41,43,46,48-52,54-55,57-67H2,1-3H3/b11-8-,12-9-,20-17-,21-18-,25-22-,29-26-,30-27-,32-31-,35-34-,45-42-,47-44-,56-53-. The molecule has 0 radical (unpaired) electrons. The summed E-state index contributed by atoms with van der Waals surface area (Å²) in [7, 11) is 0. The summed E-state index contributed by atoms with van der Waals surface area (Å²) in [4.78, 5) is 38.3. The topological polar surface area (TPSA) is 78.9 Å². The van der Waals surface area contributed by atoms with Crippen molar-refractivity contribution in [3.63, 3.8) is 0 Å². The number of ether oxygens (including phenoxy) is 3. The maximum absolute atomic E-state index is 12.9. The van der Waals surface area contributed by atoms with E-state index in [1.807, 2.05) is 0 Å². The second-order valence-corrected chi connectivity index (χ2v) is 20.2. The van der Waals surface area contributed by atoms with E-state index in [0.29, 0.717) is 19.3 Å². The van der Waals surface area contributed by atoms with E-state index in [-0.39, 0.29) is 37.5 Å². The molecule has 1 unspecified atom stereocenters. The molecule has 0 aromatic carbocycles.